The fourth-order valence-corrected chi connectivity index (χ4v) is 1.96. The zero-order chi connectivity index (χ0) is 17.5. The van der Waals surface area contributed by atoms with Crippen LogP contribution in [0.4, 0.5) is 0 Å². The third kappa shape index (κ3) is 4.55. The highest BCUT2D eigenvalue weighted by Crippen LogP contribution is 2.29. The lowest BCUT2D eigenvalue weighted by Gasteiger charge is -2.20. The molecule has 1 heterocycles. The second-order valence-corrected chi connectivity index (χ2v) is 5.22. The van der Waals surface area contributed by atoms with Crippen molar-refractivity contribution in [1.29, 1.82) is 0 Å². The Hall–Kier alpha value is -2.90. The summed E-state index contributed by atoms with van der Waals surface area (Å²) in [7, 11) is 3.38. The van der Waals surface area contributed by atoms with Gasteiger partial charge in [0.2, 0.25) is 0 Å². The fourth-order valence-electron chi connectivity index (χ4n) is 1.96. The van der Waals surface area contributed by atoms with E-state index in [0.29, 0.717) is 18.1 Å². The molecule has 8 heteroatoms. The molecule has 0 saturated heterocycles. The molecule has 2 aromatic rings. The first kappa shape index (κ1) is 17.5. The molecule has 1 aromatic heterocycles. The van der Waals surface area contributed by atoms with Crippen LogP contribution >= 0.6 is 0 Å². The molecular weight excluding hydrogens is 310 g/mol. The van der Waals surface area contributed by atoms with Crippen molar-refractivity contribution in [2.24, 2.45) is 5.10 Å². The molecule has 1 amide bonds. The molecule has 24 heavy (non-hydrogen) atoms. The van der Waals surface area contributed by atoms with Crippen LogP contribution in [0.3, 0.4) is 0 Å². The van der Waals surface area contributed by atoms with Crippen molar-refractivity contribution in [3.8, 4) is 11.5 Å². The van der Waals surface area contributed by atoms with Gasteiger partial charge in [0, 0.05) is 14.1 Å². The van der Waals surface area contributed by atoms with E-state index in [1.54, 1.807) is 39.4 Å². The molecule has 0 aliphatic rings. The van der Waals surface area contributed by atoms with Crippen LogP contribution < -0.4 is 9.47 Å². The molecule has 0 aliphatic heterocycles. The van der Waals surface area contributed by atoms with E-state index in [1.807, 2.05) is 13.0 Å². The first-order valence-electron chi connectivity index (χ1n) is 7.55. The van der Waals surface area contributed by atoms with Crippen LogP contribution in [0, 0.1) is 0 Å². The summed E-state index contributed by atoms with van der Waals surface area (Å²) in [6.07, 6.45) is 4.04. The topological polar surface area (TPSA) is 81.8 Å². The Bertz CT molecular complexity index is 698. The predicted octanol–water partition coefficient (Wildman–Crippen LogP) is 1.41. The molecule has 0 fully saturated rings. The number of aromatic nitrogens is 3. The molecule has 0 N–H and O–H groups in total. The van der Waals surface area contributed by atoms with Crippen LogP contribution in [0.5, 0.6) is 11.5 Å². The van der Waals surface area contributed by atoms with Crippen LogP contribution in [-0.2, 0) is 4.79 Å². The number of likely N-dealkylation sites (N-methyl/N-ethyl adjacent to an activating group) is 1. The van der Waals surface area contributed by atoms with Crippen molar-refractivity contribution >= 4 is 12.1 Å². The first-order valence-corrected chi connectivity index (χ1v) is 7.55. The van der Waals surface area contributed by atoms with Crippen LogP contribution in [0.15, 0.2) is 36.0 Å². The number of ether oxygens (including phenoxy) is 2. The van der Waals surface area contributed by atoms with Gasteiger partial charge < -0.3 is 14.4 Å². The highest BCUT2D eigenvalue weighted by Gasteiger charge is 2.18. The molecule has 0 saturated carbocycles. The Labute approximate surface area is 140 Å². The number of hydrogen-bond acceptors (Lipinski definition) is 6. The lowest BCUT2D eigenvalue weighted by atomic mass is 10.2. The third-order valence-corrected chi connectivity index (χ3v) is 3.11. The summed E-state index contributed by atoms with van der Waals surface area (Å²) < 4.78 is 12.8. The molecule has 1 atom stereocenters. The summed E-state index contributed by atoms with van der Waals surface area (Å²) in [6.45, 7) is 4.08. The number of benzene rings is 1. The van der Waals surface area contributed by atoms with Gasteiger partial charge in [-0.3, -0.25) is 4.79 Å². The zero-order valence-corrected chi connectivity index (χ0v) is 14.2. The van der Waals surface area contributed by atoms with Crippen molar-refractivity contribution in [2.75, 3.05) is 20.7 Å². The second-order valence-electron chi connectivity index (χ2n) is 5.22. The van der Waals surface area contributed by atoms with Crippen LogP contribution in [-0.4, -0.2) is 58.7 Å². The fraction of sp³-hybridized carbons (Fsp3) is 0.375. The summed E-state index contributed by atoms with van der Waals surface area (Å²) in [5, 5.41) is 11.5. The molecular formula is C16H21N5O3. The highest BCUT2D eigenvalue weighted by molar-refractivity contribution is 5.82. The van der Waals surface area contributed by atoms with Crippen LogP contribution in [0.2, 0.25) is 0 Å². The van der Waals surface area contributed by atoms with Crippen molar-refractivity contribution < 1.29 is 14.3 Å². The first-order chi connectivity index (χ1) is 11.5. The maximum atomic E-state index is 11.9. The molecule has 8 nitrogen and oxygen atoms in total. The van der Waals surface area contributed by atoms with E-state index in [4.69, 9.17) is 9.47 Å². The molecule has 0 aliphatic carbocycles. The number of amides is 1. The van der Waals surface area contributed by atoms with Gasteiger partial charge in [-0.15, -0.1) is 10.2 Å². The normalized spacial score (nSPS) is 12.2. The minimum atomic E-state index is -0.601. The summed E-state index contributed by atoms with van der Waals surface area (Å²) in [4.78, 5) is 13.4. The minimum absolute atomic E-state index is 0.115. The Morgan fingerprint density at radius 3 is 2.67 bits per heavy atom. The number of carbonyl (C=O) groups is 1. The molecule has 128 valence electrons. The molecule has 0 unspecified atom stereocenters. The molecule has 2 rings (SSSR count). The van der Waals surface area contributed by atoms with Gasteiger partial charge in [0.25, 0.3) is 5.91 Å². The SMILES string of the molecule is CCOc1cc(/C=N\n2cnnc2)ccc1O[C@H](C)C(=O)N(C)C. The van der Waals surface area contributed by atoms with Gasteiger partial charge in [-0.1, -0.05) is 0 Å². The second kappa shape index (κ2) is 8.09. The standard InChI is InChI=1S/C16H21N5O3/c1-5-23-15-8-13(9-19-21-10-17-18-11-21)6-7-14(15)24-12(2)16(22)20(3)4/h6-12H,5H2,1-4H3/b19-9-/t12-/m1/s1. The van der Waals surface area contributed by atoms with E-state index in [0.717, 1.165) is 5.56 Å². The summed E-state index contributed by atoms with van der Waals surface area (Å²) >= 11 is 0. The Kier molecular flexibility index (Phi) is 5.89. The number of nitrogens with zero attached hydrogens (tertiary/aromatic N) is 5. The lowest BCUT2D eigenvalue weighted by molar-refractivity contribution is -0.135. The van der Waals surface area contributed by atoms with Crippen molar-refractivity contribution in [1.82, 2.24) is 19.8 Å². The zero-order valence-electron chi connectivity index (χ0n) is 14.2. The van der Waals surface area contributed by atoms with Crippen molar-refractivity contribution in [3.63, 3.8) is 0 Å². The maximum absolute atomic E-state index is 11.9. The quantitative estimate of drug-likeness (QED) is 0.717. The van der Waals surface area contributed by atoms with Gasteiger partial charge in [0.1, 0.15) is 12.7 Å². The summed E-state index contributed by atoms with van der Waals surface area (Å²) in [6, 6.07) is 5.40. The number of hydrogen-bond donors (Lipinski definition) is 0. The average molecular weight is 331 g/mol. The Morgan fingerprint density at radius 1 is 1.33 bits per heavy atom. The average Bonchev–Trinajstić information content (AvgIpc) is 3.07. The van der Waals surface area contributed by atoms with Crippen LogP contribution in [0.1, 0.15) is 19.4 Å². The monoisotopic (exact) mass is 331 g/mol. The Morgan fingerprint density at radius 2 is 2.04 bits per heavy atom. The van der Waals surface area contributed by atoms with Crippen LogP contribution in [0.25, 0.3) is 0 Å². The largest absolute Gasteiger partial charge is 0.490 e. The van der Waals surface area contributed by atoms with Crippen molar-refractivity contribution in [3.05, 3.63) is 36.4 Å². The van der Waals surface area contributed by atoms with E-state index >= 15 is 0 Å². The number of rotatable bonds is 7. The van der Waals surface area contributed by atoms with Crippen molar-refractivity contribution in [2.45, 2.75) is 20.0 Å². The molecule has 0 spiro atoms. The maximum Gasteiger partial charge on any atom is 0.262 e. The smallest absolute Gasteiger partial charge is 0.262 e. The van der Waals surface area contributed by atoms with E-state index in [-0.39, 0.29) is 5.91 Å². The van der Waals surface area contributed by atoms with E-state index in [1.165, 1.54) is 22.2 Å². The van der Waals surface area contributed by atoms with Gasteiger partial charge in [-0.2, -0.15) is 5.10 Å². The third-order valence-electron chi connectivity index (χ3n) is 3.11. The minimum Gasteiger partial charge on any atom is -0.490 e. The van der Waals surface area contributed by atoms with Gasteiger partial charge in [0.05, 0.1) is 12.8 Å². The van der Waals surface area contributed by atoms with E-state index < -0.39 is 6.10 Å². The molecule has 1 aromatic carbocycles. The highest BCUT2D eigenvalue weighted by atomic mass is 16.5. The van der Waals surface area contributed by atoms with Gasteiger partial charge in [-0.05, 0) is 37.6 Å². The summed E-state index contributed by atoms with van der Waals surface area (Å²) in [5.74, 6) is 0.959. The Balaban J connectivity index is 2.18. The van der Waals surface area contributed by atoms with E-state index in [9.17, 15) is 4.79 Å². The van der Waals surface area contributed by atoms with Gasteiger partial charge in [0.15, 0.2) is 17.6 Å². The summed E-state index contributed by atoms with van der Waals surface area (Å²) in [5.41, 5.74) is 0.825. The van der Waals surface area contributed by atoms with Gasteiger partial charge >= 0.3 is 0 Å². The number of carbonyl (C=O) groups excluding carboxylic acids is 1. The predicted molar refractivity (Wildman–Crippen MR) is 89.4 cm³/mol. The van der Waals surface area contributed by atoms with Gasteiger partial charge in [-0.25, -0.2) is 4.68 Å². The molecule has 0 bridgehead atoms. The molecule has 0 radical (unpaired) electrons. The lowest BCUT2D eigenvalue weighted by Crippen LogP contribution is -2.35. The van der Waals surface area contributed by atoms with E-state index in [2.05, 4.69) is 15.3 Å².